The lowest BCUT2D eigenvalue weighted by Crippen LogP contribution is -2.00. The number of fused-ring (bicyclic) bond motifs is 1. The van der Waals surface area contributed by atoms with Gasteiger partial charge in [0.15, 0.2) is 0 Å². The van der Waals surface area contributed by atoms with E-state index in [-0.39, 0.29) is 0 Å². The molecule has 4 rings (SSSR count). The fourth-order valence-electron chi connectivity index (χ4n) is 3.06. The van der Waals surface area contributed by atoms with Crippen LogP contribution in [0.5, 0.6) is 0 Å². The van der Waals surface area contributed by atoms with E-state index in [1.165, 1.54) is 0 Å². The highest BCUT2D eigenvalue weighted by Crippen LogP contribution is 2.21. The van der Waals surface area contributed by atoms with Crippen LogP contribution in [0.3, 0.4) is 0 Å². The first-order chi connectivity index (χ1) is 13.6. The highest BCUT2D eigenvalue weighted by atomic mass is 35.5. The fourth-order valence-corrected chi connectivity index (χ4v) is 3.19. The van der Waals surface area contributed by atoms with E-state index >= 15 is 0 Å². The average molecular weight is 384 g/mol. The van der Waals surface area contributed by atoms with Crippen molar-refractivity contribution in [3.63, 3.8) is 0 Å². The van der Waals surface area contributed by atoms with Gasteiger partial charge in [-0.05, 0) is 66.4 Å². The smallest absolute Gasteiger partial charge is 0.113 e. The van der Waals surface area contributed by atoms with Crippen LogP contribution in [0.25, 0.3) is 22.0 Å². The quantitative estimate of drug-likeness (QED) is 0.489. The maximum Gasteiger partial charge on any atom is 0.113 e. The van der Waals surface area contributed by atoms with Crippen LogP contribution in [0.2, 0.25) is 5.02 Å². The van der Waals surface area contributed by atoms with Gasteiger partial charge in [0.2, 0.25) is 0 Å². The topological polar surface area (TPSA) is 51.8 Å². The molecule has 0 spiro atoms. The number of pyridine rings is 2. The number of rotatable bonds is 2. The van der Waals surface area contributed by atoms with Crippen molar-refractivity contribution in [1.82, 2.24) is 9.97 Å². The van der Waals surface area contributed by atoms with Crippen molar-refractivity contribution >= 4 is 22.5 Å². The average Bonchev–Trinajstić information content (AvgIpc) is 2.73. The predicted molar refractivity (Wildman–Crippen MR) is 115 cm³/mol. The van der Waals surface area contributed by atoms with Crippen LogP contribution in [0.15, 0.2) is 66.9 Å². The van der Waals surface area contributed by atoms with Gasteiger partial charge in [0.05, 0.1) is 11.2 Å². The van der Waals surface area contributed by atoms with Crippen LogP contribution in [-0.2, 0) is 6.54 Å². The molecule has 0 amide bonds. The third kappa shape index (κ3) is 3.89. The van der Waals surface area contributed by atoms with Gasteiger partial charge in [0.1, 0.15) is 5.69 Å². The van der Waals surface area contributed by atoms with Gasteiger partial charge >= 0.3 is 0 Å². The summed E-state index contributed by atoms with van der Waals surface area (Å²) < 4.78 is 0. The molecule has 4 aromatic rings. The Labute approximate surface area is 169 Å². The highest BCUT2D eigenvalue weighted by molar-refractivity contribution is 6.30. The van der Waals surface area contributed by atoms with Gasteiger partial charge in [-0.15, -0.1) is 0 Å². The van der Waals surface area contributed by atoms with E-state index in [2.05, 4.69) is 34.8 Å². The number of hydrogen-bond acceptors (Lipinski definition) is 3. The van der Waals surface area contributed by atoms with E-state index in [4.69, 9.17) is 17.3 Å². The fraction of sp³-hybridized carbons (Fsp3) is 0.0833. The zero-order valence-electron chi connectivity index (χ0n) is 15.4. The van der Waals surface area contributed by atoms with E-state index in [0.29, 0.717) is 6.54 Å². The first-order valence-electron chi connectivity index (χ1n) is 8.97. The van der Waals surface area contributed by atoms with Crippen LogP contribution in [0, 0.1) is 18.8 Å². The Morgan fingerprint density at radius 3 is 2.43 bits per heavy atom. The third-order valence-corrected chi connectivity index (χ3v) is 4.81. The van der Waals surface area contributed by atoms with Gasteiger partial charge in [0, 0.05) is 34.3 Å². The van der Waals surface area contributed by atoms with Crippen LogP contribution >= 0.6 is 11.6 Å². The number of aromatic nitrogens is 2. The molecule has 0 aliphatic carbocycles. The highest BCUT2D eigenvalue weighted by Gasteiger charge is 2.03. The van der Waals surface area contributed by atoms with E-state index < -0.39 is 0 Å². The molecule has 0 atom stereocenters. The minimum Gasteiger partial charge on any atom is -0.325 e. The van der Waals surface area contributed by atoms with Gasteiger partial charge < -0.3 is 5.73 Å². The number of nitrogens with two attached hydrogens (primary N) is 1. The maximum absolute atomic E-state index is 5.94. The van der Waals surface area contributed by atoms with Crippen molar-refractivity contribution < 1.29 is 0 Å². The summed E-state index contributed by atoms with van der Waals surface area (Å²) in [4.78, 5) is 9.03. The number of nitrogens with zero attached hydrogens (tertiary/aromatic N) is 2. The normalized spacial score (nSPS) is 10.5. The lowest BCUT2D eigenvalue weighted by molar-refractivity contribution is 1.00. The Kier molecular flexibility index (Phi) is 5.08. The molecule has 28 heavy (non-hydrogen) atoms. The van der Waals surface area contributed by atoms with Crippen LogP contribution in [-0.4, -0.2) is 9.97 Å². The van der Waals surface area contributed by atoms with E-state index in [0.717, 1.165) is 49.6 Å². The first kappa shape index (κ1) is 18.2. The van der Waals surface area contributed by atoms with Crippen LogP contribution in [0.1, 0.15) is 22.5 Å². The summed E-state index contributed by atoms with van der Waals surface area (Å²) in [7, 11) is 0. The summed E-state index contributed by atoms with van der Waals surface area (Å²) in [6, 6.07) is 19.7. The van der Waals surface area contributed by atoms with Gasteiger partial charge in [-0.2, -0.15) is 0 Å². The number of aryl methyl sites for hydroxylation is 1. The molecule has 0 bridgehead atoms. The second-order valence-corrected chi connectivity index (χ2v) is 6.99. The second kappa shape index (κ2) is 7.82. The molecule has 2 aromatic carbocycles. The molecule has 2 heterocycles. The molecule has 0 saturated carbocycles. The molecule has 2 aromatic heterocycles. The Bertz CT molecular complexity index is 1200. The molecule has 0 aliphatic rings. The predicted octanol–water partition coefficient (Wildman–Crippen LogP) is 5.12. The summed E-state index contributed by atoms with van der Waals surface area (Å²) in [5.41, 5.74) is 12.5. The molecular formula is C24H18ClN3. The molecule has 0 saturated heterocycles. The van der Waals surface area contributed by atoms with Gasteiger partial charge in [-0.3, -0.25) is 4.98 Å². The van der Waals surface area contributed by atoms with Crippen LogP contribution < -0.4 is 5.73 Å². The zero-order chi connectivity index (χ0) is 19.5. The standard InChI is InChI=1S/C24H18ClN3/c1-16-12-22(14-26)28-24-11-3-17(13-23(16)24)2-9-21-10-6-19(15-27-21)18-4-7-20(25)8-5-18/h3-8,10-13,15H,14,26H2,1H3. The second-order valence-electron chi connectivity index (χ2n) is 6.56. The van der Waals surface area contributed by atoms with Crippen LogP contribution in [0.4, 0.5) is 0 Å². The largest absolute Gasteiger partial charge is 0.325 e. The van der Waals surface area contributed by atoms with Crippen molar-refractivity contribution in [3.8, 4) is 23.0 Å². The minimum absolute atomic E-state index is 0.440. The summed E-state index contributed by atoms with van der Waals surface area (Å²) in [5.74, 6) is 6.33. The SMILES string of the molecule is Cc1cc(CN)nc2ccc(C#Cc3ccc(-c4ccc(Cl)cc4)cn3)cc12. The molecule has 2 N–H and O–H groups in total. The molecule has 0 unspecified atom stereocenters. The molecule has 3 nitrogen and oxygen atoms in total. The number of halogens is 1. The van der Waals surface area contributed by atoms with Crippen molar-refractivity contribution in [2.75, 3.05) is 0 Å². The monoisotopic (exact) mass is 383 g/mol. The molecule has 0 aliphatic heterocycles. The number of benzene rings is 2. The number of hydrogen-bond donors (Lipinski definition) is 1. The van der Waals surface area contributed by atoms with Crippen molar-refractivity contribution in [3.05, 3.63) is 94.4 Å². The van der Waals surface area contributed by atoms with E-state index in [9.17, 15) is 0 Å². The molecule has 136 valence electrons. The third-order valence-electron chi connectivity index (χ3n) is 4.55. The molecular weight excluding hydrogens is 366 g/mol. The minimum atomic E-state index is 0.440. The summed E-state index contributed by atoms with van der Waals surface area (Å²) >= 11 is 5.94. The maximum atomic E-state index is 5.94. The lowest BCUT2D eigenvalue weighted by Gasteiger charge is -2.05. The Morgan fingerprint density at radius 1 is 0.929 bits per heavy atom. The molecule has 0 radical (unpaired) electrons. The van der Waals surface area contributed by atoms with Gasteiger partial charge in [-0.1, -0.05) is 35.7 Å². The Morgan fingerprint density at radius 2 is 1.71 bits per heavy atom. The Hall–Kier alpha value is -3.19. The summed E-state index contributed by atoms with van der Waals surface area (Å²) in [6.07, 6.45) is 1.83. The van der Waals surface area contributed by atoms with Crippen molar-refractivity contribution in [1.29, 1.82) is 0 Å². The Balaban J connectivity index is 1.60. The van der Waals surface area contributed by atoms with Gasteiger partial charge in [0.25, 0.3) is 0 Å². The van der Waals surface area contributed by atoms with Crippen molar-refractivity contribution in [2.24, 2.45) is 5.73 Å². The molecule has 4 heteroatoms. The lowest BCUT2D eigenvalue weighted by atomic mass is 10.1. The first-order valence-corrected chi connectivity index (χ1v) is 9.34. The van der Waals surface area contributed by atoms with Gasteiger partial charge in [-0.25, -0.2) is 4.98 Å². The van der Waals surface area contributed by atoms with Crippen molar-refractivity contribution in [2.45, 2.75) is 13.5 Å². The molecule has 0 fully saturated rings. The van der Waals surface area contributed by atoms with E-state index in [1.807, 2.05) is 60.8 Å². The van der Waals surface area contributed by atoms with E-state index in [1.54, 1.807) is 0 Å². The summed E-state index contributed by atoms with van der Waals surface area (Å²) in [5, 5.41) is 1.81. The summed E-state index contributed by atoms with van der Waals surface area (Å²) in [6.45, 7) is 2.51. The zero-order valence-corrected chi connectivity index (χ0v) is 16.2.